The zero-order valence-corrected chi connectivity index (χ0v) is 22.8. The molecule has 0 bridgehead atoms. The second-order valence-corrected chi connectivity index (χ2v) is 10.0. The maximum atomic E-state index is 14.2. The number of nitrogens with two attached hydrogens (primary N) is 2. The Morgan fingerprint density at radius 2 is 1.69 bits per heavy atom. The summed E-state index contributed by atoms with van der Waals surface area (Å²) in [5, 5.41) is 3.17. The van der Waals surface area contributed by atoms with Crippen molar-refractivity contribution in [2.75, 3.05) is 24.4 Å². The molecule has 4 rings (SSSR count). The predicted molar refractivity (Wildman–Crippen MR) is 150 cm³/mol. The minimum absolute atomic E-state index is 0.0132. The van der Waals surface area contributed by atoms with Crippen molar-refractivity contribution in [1.29, 1.82) is 0 Å². The van der Waals surface area contributed by atoms with Crippen LogP contribution in [-0.4, -0.2) is 41.9 Å². The number of nitrogen functional groups attached to an aromatic ring is 1. The summed E-state index contributed by atoms with van der Waals surface area (Å²) in [5.74, 6) is -0.512. The topological polar surface area (TPSA) is 150 Å². The fourth-order valence-electron chi connectivity index (χ4n) is 4.72. The SMILES string of the molecule is CCOc1ccc(C(C(=O)NC2CCCCC2)N(C(=O)c2snc(C(N)=O)c2N)c2ccc(OC)cc2)cc1. The van der Waals surface area contributed by atoms with Gasteiger partial charge >= 0.3 is 0 Å². The molecule has 5 N–H and O–H groups in total. The molecule has 0 spiro atoms. The van der Waals surface area contributed by atoms with Crippen LogP contribution in [0.15, 0.2) is 48.5 Å². The van der Waals surface area contributed by atoms with Gasteiger partial charge < -0.3 is 26.3 Å². The van der Waals surface area contributed by atoms with Gasteiger partial charge in [0.05, 0.1) is 19.4 Å². The first-order valence-electron chi connectivity index (χ1n) is 12.9. The van der Waals surface area contributed by atoms with Crippen LogP contribution in [0.1, 0.15) is 70.8 Å². The van der Waals surface area contributed by atoms with Crippen LogP contribution < -0.4 is 31.2 Å². The van der Waals surface area contributed by atoms with Crippen LogP contribution in [0, 0.1) is 0 Å². The van der Waals surface area contributed by atoms with Crippen LogP contribution in [-0.2, 0) is 4.79 Å². The quantitative estimate of drug-likeness (QED) is 0.344. The smallest absolute Gasteiger partial charge is 0.273 e. The Morgan fingerprint density at radius 3 is 2.26 bits per heavy atom. The molecule has 1 atom stereocenters. The average molecular weight is 552 g/mol. The molecule has 0 radical (unpaired) electrons. The Kier molecular flexibility index (Phi) is 9.03. The summed E-state index contributed by atoms with van der Waals surface area (Å²) in [5.41, 5.74) is 12.3. The summed E-state index contributed by atoms with van der Waals surface area (Å²) in [6.07, 6.45) is 4.96. The van der Waals surface area contributed by atoms with E-state index in [0.29, 0.717) is 29.4 Å². The van der Waals surface area contributed by atoms with E-state index in [9.17, 15) is 14.4 Å². The van der Waals surface area contributed by atoms with E-state index in [1.165, 1.54) is 4.90 Å². The number of hydrogen-bond acceptors (Lipinski definition) is 8. The standard InChI is InChI=1S/C28H33N5O5S/c1-3-38-21-13-9-17(10-14-21)24(27(35)31-18-7-5-4-6-8-18)33(19-11-15-20(37-2)16-12-19)28(36)25-22(29)23(26(30)34)32-39-25/h9-16,18,24H,3-8,29H2,1-2H3,(H2,30,34)(H,31,35). The maximum absolute atomic E-state index is 14.2. The number of aromatic nitrogens is 1. The van der Waals surface area contributed by atoms with Gasteiger partial charge in [0.1, 0.15) is 22.4 Å². The summed E-state index contributed by atoms with van der Waals surface area (Å²) in [7, 11) is 1.54. The number of ether oxygens (including phenoxy) is 2. The highest BCUT2D eigenvalue weighted by Crippen LogP contribution is 2.35. The van der Waals surface area contributed by atoms with Gasteiger partial charge in [0.25, 0.3) is 11.8 Å². The van der Waals surface area contributed by atoms with Gasteiger partial charge in [0.15, 0.2) is 5.69 Å². The summed E-state index contributed by atoms with van der Waals surface area (Å²) in [4.78, 5) is 41.4. The third-order valence-electron chi connectivity index (χ3n) is 6.69. The van der Waals surface area contributed by atoms with E-state index in [1.54, 1.807) is 55.6 Å². The second kappa shape index (κ2) is 12.6. The molecule has 1 unspecified atom stereocenters. The molecule has 1 aromatic heterocycles. The third-order valence-corrected chi connectivity index (χ3v) is 7.54. The van der Waals surface area contributed by atoms with Crippen LogP contribution in [0.2, 0.25) is 0 Å². The highest BCUT2D eigenvalue weighted by Gasteiger charge is 2.37. The number of carbonyl (C=O) groups excluding carboxylic acids is 3. The molecule has 1 aliphatic carbocycles. The molecule has 3 amide bonds. The van der Waals surface area contributed by atoms with Crippen molar-refractivity contribution in [3.8, 4) is 11.5 Å². The monoisotopic (exact) mass is 551 g/mol. The summed E-state index contributed by atoms with van der Waals surface area (Å²) in [6.45, 7) is 2.38. The van der Waals surface area contributed by atoms with Gasteiger partial charge in [-0.15, -0.1) is 0 Å². The molecule has 11 heteroatoms. The second-order valence-electron chi connectivity index (χ2n) is 9.26. The van der Waals surface area contributed by atoms with E-state index in [1.807, 2.05) is 6.92 Å². The molecular weight excluding hydrogens is 518 g/mol. The molecule has 10 nitrogen and oxygen atoms in total. The first-order valence-corrected chi connectivity index (χ1v) is 13.7. The van der Waals surface area contributed by atoms with Gasteiger partial charge in [-0.2, -0.15) is 4.37 Å². The first-order chi connectivity index (χ1) is 18.8. The number of amides is 3. The summed E-state index contributed by atoms with van der Waals surface area (Å²) < 4.78 is 14.9. The van der Waals surface area contributed by atoms with Crippen LogP contribution in [0.3, 0.4) is 0 Å². The number of anilines is 2. The Bertz CT molecular complexity index is 1300. The number of nitrogens with zero attached hydrogens (tertiary/aromatic N) is 2. The van der Waals surface area contributed by atoms with Crippen molar-refractivity contribution in [3.63, 3.8) is 0 Å². The number of hydrogen-bond donors (Lipinski definition) is 3. The van der Waals surface area contributed by atoms with E-state index >= 15 is 0 Å². The van der Waals surface area contributed by atoms with Gasteiger partial charge in [-0.05, 0) is 73.3 Å². The van der Waals surface area contributed by atoms with E-state index in [2.05, 4.69) is 9.69 Å². The van der Waals surface area contributed by atoms with Crippen molar-refractivity contribution in [1.82, 2.24) is 9.69 Å². The summed E-state index contributed by atoms with van der Waals surface area (Å²) >= 11 is 0.769. The molecule has 0 saturated heterocycles. The van der Waals surface area contributed by atoms with Crippen LogP contribution in [0.4, 0.5) is 11.4 Å². The predicted octanol–water partition coefficient (Wildman–Crippen LogP) is 4.07. The lowest BCUT2D eigenvalue weighted by atomic mass is 9.94. The Morgan fingerprint density at radius 1 is 1.05 bits per heavy atom. The molecule has 206 valence electrons. The number of rotatable bonds is 10. The van der Waals surface area contributed by atoms with E-state index < -0.39 is 17.9 Å². The van der Waals surface area contributed by atoms with Crippen LogP contribution >= 0.6 is 11.5 Å². The minimum atomic E-state index is -1.05. The van der Waals surface area contributed by atoms with Crippen molar-refractivity contribution < 1.29 is 23.9 Å². The van der Waals surface area contributed by atoms with Crippen molar-refractivity contribution in [3.05, 3.63) is 64.7 Å². The number of benzene rings is 2. The van der Waals surface area contributed by atoms with Gasteiger partial charge in [0.2, 0.25) is 5.91 Å². The zero-order valence-electron chi connectivity index (χ0n) is 22.0. The number of carbonyl (C=O) groups is 3. The van der Waals surface area contributed by atoms with E-state index in [0.717, 1.165) is 43.6 Å². The first kappa shape index (κ1) is 27.9. The van der Waals surface area contributed by atoms with E-state index in [4.69, 9.17) is 20.9 Å². The molecule has 3 aromatic rings. The van der Waals surface area contributed by atoms with Gasteiger partial charge in [-0.25, -0.2) is 0 Å². The number of primary amides is 1. The Hall–Kier alpha value is -4.12. The lowest BCUT2D eigenvalue weighted by Crippen LogP contribution is -2.47. The van der Waals surface area contributed by atoms with Crippen molar-refractivity contribution in [2.45, 2.75) is 51.1 Å². The Balaban J connectivity index is 1.83. The average Bonchev–Trinajstić information content (AvgIpc) is 3.34. The van der Waals surface area contributed by atoms with Crippen LogP contribution in [0.25, 0.3) is 0 Å². The van der Waals surface area contributed by atoms with Gasteiger partial charge in [-0.3, -0.25) is 19.3 Å². The van der Waals surface area contributed by atoms with Crippen molar-refractivity contribution in [2.24, 2.45) is 5.73 Å². The molecule has 0 aliphatic heterocycles. The number of methoxy groups -OCH3 is 1. The lowest BCUT2D eigenvalue weighted by Gasteiger charge is -2.33. The molecule has 39 heavy (non-hydrogen) atoms. The third kappa shape index (κ3) is 6.31. The van der Waals surface area contributed by atoms with Gasteiger partial charge in [-0.1, -0.05) is 31.4 Å². The molecule has 1 saturated carbocycles. The largest absolute Gasteiger partial charge is 0.497 e. The maximum Gasteiger partial charge on any atom is 0.273 e. The highest BCUT2D eigenvalue weighted by atomic mass is 32.1. The Labute approximate surface area is 231 Å². The molecule has 2 aromatic carbocycles. The summed E-state index contributed by atoms with van der Waals surface area (Å²) in [6, 6.07) is 12.8. The molecule has 1 fully saturated rings. The molecular formula is C28H33N5O5S. The number of nitrogens with one attached hydrogen (secondary N) is 1. The fourth-order valence-corrected chi connectivity index (χ4v) is 5.47. The zero-order chi connectivity index (χ0) is 27.9. The normalized spacial score (nSPS) is 14.3. The van der Waals surface area contributed by atoms with Crippen molar-refractivity contribution >= 4 is 40.6 Å². The lowest BCUT2D eigenvalue weighted by molar-refractivity contribution is -0.123. The fraction of sp³-hybridized carbons (Fsp3) is 0.357. The molecule has 1 heterocycles. The molecule has 1 aliphatic rings. The minimum Gasteiger partial charge on any atom is -0.497 e. The van der Waals surface area contributed by atoms with E-state index in [-0.39, 0.29) is 28.2 Å². The van der Waals surface area contributed by atoms with Gasteiger partial charge in [0, 0.05) is 11.7 Å². The highest BCUT2D eigenvalue weighted by molar-refractivity contribution is 7.09. The van der Waals surface area contributed by atoms with Crippen LogP contribution in [0.5, 0.6) is 11.5 Å².